The number of ether oxygens (including phenoxy) is 1. The third-order valence-electron chi connectivity index (χ3n) is 11.8. The van der Waals surface area contributed by atoms with Crippen molar-refractivity contribution in [1.82, 2.24) is 9.97 Å². The summed E-state index contributed by atoms with van der Waals surface area (Å²) >= 11 is 0. The fourth-order valence-corrected chi connectivity index (χ4v) is 9.36. The Hall–Kier alpha value is -7.10. The van der Waals surface area contributed by atoms with Gasteiger partial charge in [-0.15, -0.1) is 0 Å². The lowest BCUT2D eigenvalue weighted by molar-refractivity contribution is 0.374. The van der Waals surface area contributed by atoms with E-state index in [1.165, 1.54) is 22.3 Å². The molecule has 56 heavy (non-hydrogen) atoms. The Labute approximate surface area is 327 Å². The summed E-state index contributed by atoms with van der Waals surface area (Å²) in [5.74, 6) is 3.11. The van der Waals surface area contributed by atoms with Gasteiger partial charge in [-0.25, -0.2) is 9.97 Å². The average Bonchev–Trinajstić information content (AvgIpc) is 3.57. The Bertz CT molecular complexity index is 2800. The fourth-order valence-electron chi connectivity index (χ4n) is 9.36. The van der Waals surface area contributed by atoms with Crippen LogP contribution in [-0.2, 0) is 5.41 Å². The Kier molecular flexibility index (Phi) is 7.53. The molecule has 8 aromatic rings. The zero-order valence-electron chi connectivity index (χ0n) is 30.6. The van der Waals surface area contributed by atoms with Gasteiger partial charge in [0.2, 0.25) is 0 Å². The first-order chi connectivity index (χ1) is 27.7. The molecule has 264 valence electrons. The first-order valence-electron chi connectivity index (χ1n) is 19.3. The Morgan fingerprint density at radius 1 is 0.393 bits per heavy atom. The van der Waals surface area contributed by atoms with E-state index in [9.17, 15) is 0 Å². The summed E-state index contributed by atoms with van der Waals surface area (Å²) in [5.41, 5.74) is 14.3. The van der Waals surface area contributed by atoms with Crippen molar-refractivity contribution in [2.24, 2.45) is 5.92 Å². The van der Waals surface area contributed by atoms with E-state index in [4.69, 9.17) is 14.7 Å². The van der Waals surface area contributed by atoms with Crippen molar-refractivity contribution in [2.75, 3.05) is 0 Å². The maximum Gasteiger partial charge on any atom is 0.160 e. The number of aromatic nitrogens is 2. The van der Waals surface area contributed by atoms with Crippen molar-refractivity contribution in [3.63, 3.8) is 0 Å². The number of fused-ring (bicyclic) bond motifs is 9. The van der Waals surface area contributed by atoms with Crippen LogP contribution in [0.25, 0.3) is 56.2 Å². The van der Waals surface area contributed by atoms with Crippen molar-refractivity contribution in [3.8, 4) is 67.7 Å². The number of para-hydroxylation sites is 1. The number of hydrogen-bond donors (Lipinski definition) is 0. The molecule has 0 radical (unpaired) electrons. The number of nitrogens with zero attached hydrogens (tertiary/aromatic N) is 2. The second-order valence-electron chi connectivity index (χ2n) is 14.9. The molecule has 0 saturated carbocycles. The minimum Gasteiger partial charge on any atom is -0.457 e. The van der Waals surface area contributed by atoms with Crippen molar-refractivity contribution in [1.29, 1.82) is 0 Å². The van der Waals surface area contributed by atoms with Gasteiger partial charge in [0.1, 0.15) is 11.5 Å². The molecule has 3 atom stereocenters. The Morgan fingerprint density at radius 2 is 0.946 bits per heavy atom. The van der Waals surface area contributed by atoms with Crippen LogP contribution in [-0.4, -0.2) is 9.97 Å². The van der Waals surface area contributed by atoms with Gasteiger partial charge in [0, 0.05) is 39.7 Å². The maximum absolute atomic E-state index is 6.83. The minimum absolute atomic E-state index is 0.248. The van der Waals surface area contributed by atoms with Gasteiger partial charge in [0.25, 0.3) is 0 Å². The molecule has 11 rings (SSSR count). The molecule has 1 spiro atoms. The molecule has 2 aliphatic carbocycles. The van der Waals surface area contributed by atoms with E-state index in [2.05, 4.69) is 170 Å². The Balaban J connectivity index is 0.993. The van der Waals surface area contributed by atoms with Gasteiger partial charge in [-0.05, 0) is 63.7 Å². The van der Waals surface area contributed by atoms with Crippen LogP contribution in [0, 0.1) is 5.92 Å². The summed E-state index contributed by atoms with van der Waals surface area (Å²) in [6.45, 7) is 0. The highest BCUT2D eigenvalue weighted by Crippen LogP contribution is 2.64. The van der Waals surface area contributed by atoms with Crippen LogP contribution in [0.3, 0.4) is 0 Å². The van der Waals surface area contributed by atoms with Crippen LogP contribution >= 0.6 is 0 Å². The molecule has 0 N–H and O–H groups in total. The zero-order valence-corrected chi connectivity index (χ0v) is 30.6. The lowest BCUT2D eigenvalue weighted by atomic mass is 9.62. The topological polar surface area (TPSA) is 35.0 Å². The number of rotatable bonds is 5. The van der Waals surface area contributed by atoms with Gasteiger partial charge in [-0.3, -0.25) is 0 Å². The highest BCUT2D eigenvalue weighted by atomic mass is 16.5. The van der Waals surface area contributed by atoms with Crippen LogP contribution < -0.4 is 4.74 Å². The second-order valence-corrected chi connectivity index (χ2v) is 14.9. The maximum atomic E-state index is 6.83. The summed E-state index contributed by atoms with van der Waals surface area (Å²) in [4.78, 5) is 10.1. The summed E-state index contributed by atoms with van der Waals surface area (Å²) in [5, 5.41) is 0. The fraction of sp³-hybridized carbons (Fsp3) is 0.0566. The quantitative estimate of drug-likeness (QED) is 0.178. The molecule has 0 fully saturated rings. The molecular weight excluding hydrogens is 681 g/mol. The molecule has 1 aromatic heterocycles. The normalized spacial score (nSPS) is 18.4. The molecular formula is C53H36N2O. The van der Waals surface area contributed by atoms with Crippen LogP contribution in [0.1, 0.15) is 28.2 Å². The monoisotopic (exact) mass is 716 g/mol. The molecule has 3 nitrogen and oxygen atoms in total. The van der Waals surface area contributed by atoms with Crippen LogP contribution in [0.5, 0.6) is 11.5 Å². The van der Waals surface area contributed by atoms with Gasteiger partial charge in [-0.1, -0.05) is 176 Å². The molecule has 2 heterocycles. The van der Waals surface area contributed by atoms with Crippen LogP contribution in [0.4, 0.5) is 0 Å². The summed E-state index contributed by atoms with van der Waals surface area (Å²) in [6, 6.07) is 64.6. The molecule has 1 aliphatic heterocycles. The van der Waals surface area contributed by atoms with Gasteiger partial charge >= 0.3 is 0 Å². The minimum atomic E-state index is -0.352. The first kappa shape index (κ1) is 32.3. The second kappa shape index (κ2) is 13.0. The van der Waals surface area contributed by atoms with Crippen LogP contribution in [0.2, 0.25) is 0 Å². The van der Waals surface area contributed by atoms with Gasteiger partial charge < -0.3 is 4.74 Å². The molecule has 0 bridgehead atoms. The SMILES string of the molecule is C1=CC2c3ccccc3C3(c4ccccc4Oc4cc(-c5cccc(-c6cccc(-c7cc(-c8ccccc8)nc(-c8ccccc8)n7)c6)c5)ccc43)C2C=C1. The van der Waals surface area contributed by atoms with Gasteiger partial charge in [0.15, 0.2) is 5.82 Å². The van der Waals surface area contributed by atoms with Crippen molar-refractivity contribution in [3.05, 3.63) is 229 Å². The van der Waals surface area contributed by atoms with Gasteiger partial charge in [0.05, 0.1) is 16.8 Å². The molecule has 3 aliphatic rings. The summed E-state index contributed by atoms with van der Waals surface area (Å²) in [7, 11) is 0. The summed E-state index contributed by atoms with van der Waals surface area (Å²) in [6.07, 6.45) is 9.21. The lowest BCUT2D eigenvalue weighted by Crippen LogP contribution is -2.37. The Morgan fingerprint density at radius 3 is 1.71 bits per heavy atom. The van der Waals surface area contributed by atoms with E-state index in [0.29, 0.717) is 11.7 Å². The smallest absolute Gasteiger partial charge is 0.160 e. The third kappa shape index (κ3) is 5.12. The first-order valence-corrected chi connectivity index (χ1v) is 19.3. The number of hydrogen-bond acceptors (Lipinski definition) is 3. The van der Waals surface area contributed by atoms with Gasteiger partial charge in [-0.2, -0.15) is 0 Å². The average molecular weight is 717 g/mol. The highest BCUT2D eigenvalue weighted by Gasteiger charge is 2.56. The van der Waals surface area contributed by atoms with Crippen LogP contribution in [0.15, 0.2) is 206 Å². The van der Waals surface area contributed by atoms with Crippen molar-refractivity contribution in [2.45, 2.75) is 11.3 Å². The standard InChI is InChI=1S/C53H36N2O/c1-3-15-35(16-4-1)48-34-49(55-52(54-48)36-17-5-2-6-18-36)41-22-14-21-39(32-41)37-19-13-20-38(31-37)40-29-30-47-51(33-40)56-50-28-12-11-27-46(50)53(47)44-25-9-7-23-42(44)43-24-8-10-26-45(43)53/h1-34,42,44H. The number of benzene rings is 7. The van der Waals surface area contributed by atoms with E-state index in [1.54, 1.807) is 0 Å². The van der Waals surface area contributed by atoms with E-state index in [0.717, 1.165) is 61.8 Å². The van der Waals surface area contributed by atoms with E-state index < -0.39 is 0 Å². The molecule has 3 heteroatoms. The predicted octanol–water partition coefficient (Wildman–Crippen LogP) is 13.1. The predicted molar refractivity (Wildman–Crippen MR) is 227 cm³/mol. The van der Waals surface area contributed by atoms with Crippen molar-refractivity contribution < 1.29 is 4.74 Å². The van der Waals surface area contributed by atoms with E-state index >= 15 is 0 Å². The molecule has 0 amide bonds. The molecule has 3 unspecified atom stereocenters. The molecule has 0 saturated heterocycles. The van der Waals surface area contributed by atoms with Crippen molar-refractivity contribution >= 4 is 0 Å². The zero-order chi connectivity index (χ0) is 37.1. The largest absolute Gasteiger partial charge is 0.457 e. The van der Waals surface area contributed by atoms with E-state index in [1.807, 2.05) is 36.4 Å². The summed E-state index contributed by atoms with van der Waals surface area (Å²) < 4.78 is 6.83. The third-order valence-corrected chi connectivity index (χ3v) is 11.8. The lowest BCUT2D eigenvalue weighted by Gasteiger charge is -2.43. The number of allylic oxidation sites excluding steroid dienone is 4. The molecule has 7 aromatic carbocycles. The highest BCUT2D eigenvalue weighted by molar-refractivity contribution is 5.80. The van der Waals surface area contributed by atoms with E-state index in [-0.39, 0.29) is 11.3 Å².